The van der Waals surface area contributed by atoms with Crippen molar-refractivity contribution in [1.82, 2.24) is 20.2 Å². The Morgan fingerprint density at radius 2 is 1.95 bits per heavy atom. The fourth-order valence-corrected chi connectivity index (χ4v) is 3.06. The second-order valence-electron chi connectivity index (χ2n) is 5.79. The molecule has 0 aliphatic heterocycles. The summed E-state index contributed by atoms with van der Waals surface area (Å²) >= 11 is 0. The van der Waals surface area contributed by atoms with Crippen LogP contribution in [0.3, 0.4) is 0 Å². The molecule has 1 heterocycles. The quantitative estimate of drug-likeness (QED) is 0.657. The maximum Gasteiger partial charge on any atom is 0.263 e. The Morgan fingerprint density at radius 3 is 2.76 bits per heavy atom. The first-order chi connectivity index (χ1) is 10.3. The van der Waals surface area contributed by atoms with Crippen molar-refractivity contribution in [2.24, 2.45) is 5.10 Å². The molecule has 2 aliphatic rings. The van der Waals surface area contributed by atoms with E-state index < -0.39 is 0 Å². The predicted molar refractivity (Wildman–Crippen MR) is 80.2 cm³/mol. The Balaban J connectivity index is 1.64. The third kappa shape index (κ3) is 3.40. The number of allylic oxidation sites excluding steroid dienone is 2. The molecule has 0 amide bonds. The summed E-state index contributed by atoms with van der Waals surface area (Å²) in [5, 5.41) is 25.8. The van der Waals surface area contributed by atoms with Crippen LogP contribution < -0.4 is 5.43 Å². The summed E-state index contributed by atoms with van der Waals surface area (Å²) in [6.07, 6.45) is 11.5. The molecule has 7 heteroatoms. The van der Waals surface area contributed by atoms with Crippen molar-refractivity contribution >= 4 is 12.2 Å². The van der Waals surface area contributed by atoms with Crippen molar-refractivity contribution in [3.05, 3.63) is 11.3 Å². The van der Waals surface area contributed by atoms with E-state index in [0.29, 0.717) is 17.7 Å². The highest BCUT2D eigenvalue weighted by Crippen LogP contribution is 2.28. The van der Waals surface area contributed by atoms with Crippen LogP contribution in [0.1, 0.15) is 63.8 Å². The Bertz CT molecular complexity index is 529. The van der Waals surface area contributed by atoms with E-state index in [0.717, 1.165) is 44.1 Å². The lowest BCUT2D eigenvalue weighted by atomic mass is 9.96. The minimum Gasteiger partial charge on any atom is -0.512 e. The summed E-state index contributed by atoms with van der Waals surface area (Å²) in [5.74, 6) is 1.03. The van der Waals surface area contributed by atoms with Gasteiger partial charge in [-0.05, 0) is 42.5 Å². The fourth-order valence-electron chi connectivity index (χ4n) is 3.06. The van der Waals surface area contributed by atoms with Crippen LogP contribution in [-0.2, 0) is 0 Å². The van der Waals surface area contributed by atoms with Gasteiger partial charge in [0.1, 0.15) is 0 Å². The number of hydrogen-bond acceptors (Lipinski definition) is 6. The lowest BCUT2D eigenvalue weighted by Crippen LogP contribution is -2.16. The molecular weight excluding hydrogens is 268 g/mol. The van der Waals surface area contributed by atoms with E-state index >= 15 is 0 Å². The van der Waals surface area contributed by atoms with E-state index in [-0.39, 0.29) is 0 Å². The van der Waals surface area contributed by atoms with Gasteiger partial charge in [0.05, 0.1) is 18.0 Å². The third-order valence-corrected chi connectivity index (χ3v) is 4.28. The summed E-state index contributed by atoms with van der Waals surface area (Å²) in [6.45, 7) is 0. The van der Waals surface area contributed by atoms with Crippen LogP contribution in [0.15, 0.2) is 16.4 Å². The van der Waals surface area contributed by atoms with Crippen LogP contribution in [0, 0.1) is 0 Å². The zero-order valence-electron chi connectivity index (χ0n) is 12.2. The molecular formula is C14H22N6O. The van der Waals surface area contributed by atoms with Gasteiger partial charge in [-0.1, -0.05) is 24.4 Å². The second-order valence-corrected chi connectivity index (χ2v) is 5.79. The normalized spacial score (nSPS) is 21.1. The van der Waals surface area contributed by atoms with Gasteiger partial charge in [0.25, 0.3) is 5.95 Å². The van der Waals surface area contributed by atoms with Crippen LogP contribution in [0.2, 0.25) is 0 Å². The van der Waals surface area contributed by atoms with Gasteiger partial charge in [0.15, 0.2) is 0 Å². The second kappa shape index (κ2) is 6.69. The number of aromatic nitrogens is 4. The molecule has 1 aromatic heterocycles. The molecule has 1 saturated carbocycles. The number of hydrazone groups is 1. The number of nitrogens with zero attached hydrogens (tertiary/aromatic N) is 5. The molecule has 0 atom stereocenters. The summed E-state index contributed by atoms with van der Waals surface area (Å²) < 4.78 is 1.84. The van der Waals surface area contributed by atoms with E-state index in [1.807, 2.05) is 4.68 Å². The van der Waals surface area contributed by atoms with Gasteiger partial charge < -0.3 is 5.11 Å². The number of anilines is 1. The van der Waals surface area contributed by atoms with Gasteiger partial charge >= 0.3 is 0 Å². The van der Waals surface area contributed by atoms with Crippen LogP contribution in [0.25, 0.3) is 0 Å². The number of tetrazole rings is 1. The first-order valence-corrected chi connectivity index (χ1v) is 7.82. The largest absolute Gasteiger partial charge is 0.512 e. The molecule has 7 nitrogen and oxygen atoms in total. The Kier molecular flexibility index (Phi) is 4.47. The predicted octanol–water partition coefficient (Wildman–Crippen LogP) is 2.96. The van der Waals surface area contributed by atoms with Crippen LogP contribution >= 0.6 is 0 Å². The minimum absolute atomic E-state index is 0.369. The number of hydrogen-bond donors (Lipinski definition) is 2. The van der Waals surface area contributed by atoms with Gasteiger partial charge in [-0.3, -0.25) is 0 Å². The number of aliphatic hydroxyl groups excluding tert-OH is 1. The Morgan fingerprint density at radius 1 is 1.14 bits per heavy atom. The van der Waals surface area contributed by atoms with Crippen LogP contribution in [0.5, 0.6) is 0 Å². The summed E-state index contributed by atoms with van der Waals surface area (Å²) in [7, 11) is 0. The molecule has 2 N–H and O–H groups in total. The fraction of sp³-hybridized carbons (Fsp3) is 0.714. The molecule has 114 valence electrons. The first kappa shape index (κ1) is 14.0. The SMILES string of the molecule is OC1=C(/C=N/Nc2nnnn2C2CCCCC2)CCCC1. The van der Waals surface area contributed by atoms with E-state index in [9.17, 15) is 5.11 Å². The maximum atomic E-state index is 9.80. The molecule has 0 bridgehead atoms. The van der Waals surface area contributed by atoms with Gasteiger partial charge in [-0.25, -0.2) is 10.1 Å². The summed E-state index contributed by atoms with van der Waals surface area (Å²) in [5.41, 5.74) is 3.82. The number of nitrogens with one attached hydrogen (secondary N) is 1. The smallest absolute Gasteiger partial charge is 0.263 e. The Labute approximate surface area is 124 Å². The summed E-state index contributed by atoms with van der Waals surface area (Å²) in [4.78, 5) is 0. The highest BCUT2D eigenvalue weighted by molar-refractivity contribution is 5.79. The highest BCUT2D eigenvalue weighted by Gasteiger charge is 2.19. The van der Waals surface area contributed by atoms with Crippen molar-refractivity contribution in [3.8, 4) is 0 Å². The lowest BCUT2D eigenvalue weighted by Gasteiger charge is -2.21. The number of aliphatic hydroxyl groups is 1. The average Bonchev–Trinajstić information content (AvgIpc) is 2.99. The molecule has 1 aromatic rings. The van der Waals surface area contributed by atoms with Crippen molar-refractivity contribution in [2.75, 3.05) is 5.43 Å². The van der Waals surface area contributed by atoms with Crippen LogP contribution in [-0.4, -0.2) is 31.5 Å². The summed E-state index contributed by atoms with van der Waals surface area (Å²) in [6, 6.07) is 0.369. The van der Waals surface area contributed by atoms with E-state index in [2.05, 4.69) is 26.1 Å². The molecule has 0 aromatic carbocycles. The first-order valence-electron chi connectivity index (χ1n) is 7.82. The standard InChI is InChI=1S/C14H22N6O/c21-13-9-5-4-6-11(13)10-15-16-14-17-18-19-20(14)12-7-2-1-3-8-12/h10,12,21H,1-9H2,(H,16,17,19)/b15-10+. The molecule has 2 aliphatic carbocycles. The number of rotatable bonds is 4. The van der Waals surface area contributed by atoms with E-state index in [4.69, 9.17) is 0 Å². The van der Waals surface area contributed by atoms with Crippen molar-refractivity contribution < 1.29 is 5.11 Å². The van der Waals surface area contributed by atoms with Crippen LogP contribution in [0.4, 0.5) is 5.95 Å². The maximum absolute atomic E-state index is 9.80. The molecule has 21 heavy (non-hydrogen) atoms. The average molecular weight is 290 g/mol. The van der Waals surface area contributed by atoms with Gasteiger partial charge in [0.2, 0.25) is 0 Å². The zero-order chi connectivity index (χ0) is 14.5. The molecule has 0 spiro atoms. The molecule has 0 radical (unpaired) electrons. The highest BCUT2D eigenvalue weighted by atomic mass is 16.3. The van der Waals surface area contributed by atoms with Gasteiger partial charge in [-0.15, -0.1) is 0 Å². The van der Waals surface area contributed by atoms with E-state index in [1.54, 1.807) is 6.21 Å². The topological polar surface area (TPSA) is 88.2 Å². The van der Waals surface area contributed by atoms with Crippen molar-refractivity contribution in [1.29, 1.82) is 0 Å². The lowest BCUT2D eigenvalue weighted by molar-refractivity contribution is 0.327. The molecule has 0 unspecified atom stereocenters. The van der Waals surface area contributed by atoms with Gasteiger partial charge in [-0.2, -0.15) is 5.10 Å². The monoisotopic (exact) mass is 290 g/mol. The minimum atomic E-state index is 0.369. The molecule has 1 fully saturated rings. The van der Waals surface area contributed by atoms with Gasteiger partial charge in [0, 0.05) is 12.0 Å². The van der Waals surface area contributed by atoms with E-state index in [1.165, 1.54) is 19.3 Å². The van der Waals surface area contributed by atoms with Crippen molar-refractivity contribution in [2.45, 2.75) is 63.8 Å². The third-order valence-electron chi connectivity index (χ3n) is 4.28. The van der Waals surface area contributed by atoms with Crippen molar-refractivity contribution in [3.63, 3.8) is 0 Å². The molecule has 0 saturated heterocycles. The zero-order valence-corrected chi connectivity index (χ0v) is 12.2. The molecule has 3 rings (SSSR count). The Hall–Kier alpha value is -1.92.